The van der Waals surface area contributed by atoms with Gasteiger partial charge in [0, 0.05) is 23.8 Å². The molecule has 3 aromatic carbocycles. The summed E-state index contributed by atoms with van der Waals surface area (Å²) >= 11 is 0. The molecule has 0 fully saturated rings. The predicted molar refractivity (Wildman–Crippen MR) is 138 cm³/mol. The van der Waals surface area contributed by atoms with Crippen molar-refractivity contribution in [1.82, 2.24) is 10.3 Å². The van der Waals surface area contributed by atoms with Crippen LogP contribution in [0.5, 0.6) is 0 Å². The maximum atomic E-state index is 13.4. The average Bonchev–Trinajstić information content (AvgIpc) is 2.85. The Morgan fingerprint density at radius 2 is 1.77 bits per heavy atom. The molecular formula is C26H27N5O3S. The van der Waals surface area contributed by atoms with Crippen LogP contribution in [-0.4, -0.2) is 19.3 Å². The van der Waals surface area contributed by atoms with E-state index in [1.54, 1.807) is 18.3 Å². The van der Waals surface area contributed by atoms with E-state index in [1.807, 2.05) is 48.5 Å². The number of nitrogen functional groups attached to an aromatic ring is 1. The number of sulfonamides is 1. The van der Waals surface area contributed by atoms with Crippen LogP contribution in [0.3, 0.4) is 0 Å². The van der Waals surface area contributed by atoms with Crippen molar-refractivity contribution in [1.29, 1.82) is 0 Å². The first-order chi connectivity index (χ1) is 16.7. The molecule has 35 heavy (non-hydrogen) atoms. The van der Waals surface area contributed by atoms with E-state index in [0.717, 1.165) is 34.0 Å². The Bertz CT molecular complexity index is 1490. The number of hydrogen-bond donors (Lipinski definition) is 4. The van der Waals surface area contributed by atoms with E-state index in [2.05, 4.69) is 22.5 Å². The van der Waals surface area contributed by atoms with Gasteiger partial charge in [-0.05, 0) is 64.9 Å². The number of nitrogens with one attached hydrogen (secondary N) is 2. The number of benzene rings is 3. The number of rotatable bonds is 8. The fourth-order valence-electron chi connectivity index (χ4n) is 3.87. The molecule has 0 saturated heterocycles. The van der Waals surface area contributed by atoms with Gasteiger partial charge in [0.05, 0.1) is 4.90 Å². The number of anilines is 2. The first kappa shape index (κ1) is 24.2. The van der Waals surface area contributed by atoms with E-state index in [4.69, 9.17) is 10.9 Å². The van der Waals surface area contributed by atoms with E-state index in [1.165, 1.54) is 12.1 Å². The lowest BCUT2D eigenvalue weighted by atomic mass is 10.0. The van der Waals surface area contributed by atoms with Gasteiger partial charge in [0.1, 0.15) is 11.9 Å². The summed E-state index contributed by atoms with van der Waals surface area (Å²) < 4.78 is 23.3. The monoisotopic (exact) mass is 489 g/mol. The normalized spacial score (nSPS) is 12.3. The minimum atomic E-state index is -3.83. The van der Waals surface area contributed by atoms with Gasteiger partial charge in [-0.15, -0.1) is 0 Å². The summed E-state index contributed by atoms with van der Waals surface area (Å²) in [5.74, 6) is 0.189. The van der Waals surface area contributed by atoms with Crippen LogP contribution < -0.4 is 21.5 Å². The van der Waals surface area contributed by atoms with Crippen molar-refractivity contribution in [3.63, 3.8) is 0 Å². The number of pyridine rings is 1. The van der Waals surface area contributed by atoms with Gasteiger partial charge in [0.25, 0.3) is 0 Å². The van der Waals surface area contributed by atoms with Crippen molar-refractivity contribution in [3.8, 4) is 0 Å². The quantitative estimate of drug-likeness (QED) is 0.299. The molecule has 4 rings (SSSR count). The summed E-state index contributed by atoms with van der Waals surface area (Å²) in [4.78, 5) is 17.5. The van der Waals surface area contributed by atoms with Gasteiger partial charge in [-0.2, -0.15) is 0 Å². The molecule has 8 nitrogen and oxygen atoms in total. The summed E-state index contributed by atoms with van der Waals surface area (Å²) in [5, 5.41) is 13.2. The molecule has 1 unspecified atom stereocenters. The molecule has 0 aliphatic rings. The van der Waals surface area contributed by atoms with Crippen molar-refractivity contribution < 1.29 is 13.2 Å². The number of amides is 1. The number of nitrogens with two attached hydrogens (primary N) is 2. The molecule has 1 atom stereocenters. The molecular weight excluding hydrogens is 462 g/mol. The smallest absolute Gasteiger partial charge is 0.247 e. The maximum Gasteiger partial charge on any atom is 0.247 e. The minimum Gasteiger partial charge on any atom is -0.383 e. The zero-order chi connectivity index (χ0) is 25.0. The zero-order valence-corrected chi connectivity index (χ0v) is 20.0. The highest BCUT2D eigenvalue weighted by Crippen LogP contribution is 2.26. The molecule has 1 aromatic heterocycles. The number of carbonyl (C=O) groups excluding carboxylic acids is 1. The predicted octanol–water partition coefficient (Wildman–Crippen LogP) is 3.50. The molecule has 0 aliphatic carbocycles. The Kier molecular flexibility index (Phi) is 6.99. The van der Waals surface area contributed by atoms with E-state index >= 15 is 0 Å². The highest BCUT2D eigenvalue weighted by Gasteiger charge is 2.21. The molecule has 180 valence electrons. The second kappa shape index (κ2) is 10.1. The molecule has 0 spiro atoms. The average molecular weight is 490 g/mol. The van der Waals surface area contributed by atoms with Crippen LogP contribution >= 0.6 is 0 Å². The molecule has 0 aliphatic heterocycles. The fourth-order valence-corrected chi connectivity index (χ4v) is 4.46. The van der Waals surface area contributed by atoms with Gasteiger partial charge in [-0.1, -0.05) is 43.3 Å². The second-order valence-electron chi connectivity index (χ2n) is 8.22. The molecule has 0 saturated carbocycles. The molecule has 9 heteroatoms. The lowest BCUT2D eigenvalue weighted by Gasteiger charge is -2.21. The van der Waals surface area contributed by atoms with Crippen LogP contribution in [0, 0.1) is 0 Å². The molecule has 4 aromatic rings. The lowest BCUT2D eigenvalue weighted by Crippen LogP contribution is -2.33. The lowest BCUT2D eigenvalue weighted by molar-refractivity contribution is -0.122. The van der Waals surface area contributed by atoms with Gasteiger partial charge in [0.15, 0.2) is 0 Å². The van der Waals surface area contributed by atoms with Crippen molar-refractivity contribution in [2.45, 2.75) is 30.8 Å². The summed E-state index contributed by atoms with van der Waals surface area (Å²) in [6, 6.07) is 20.9. The first-order valence-corrected chi connectivity index (χ1v) is 12.7. The topological polar surface area (TPSA) is 140 Å². The summed E-state index contributed by atoms with van der Waals surface area (Å²) in [6.07, 6.45) is 2.48. The van der Waals surface area contributed by atoms with Crippen LogP contribution in [-0.2, 0) is 27.8 Å². The summed E-state index contributed by atoms with van der Waals surface area (Å²) in [5.41, 5.74) is 9.27. The highest BCUT2D eigenvalue weighted by molar-refractivity contribution is 7.89. The Morgan fingerprint density at radius 1 is 1.00 bits per heavy atom. The fraction of sp³-hybridized carbons (Fsp3) is 0.154. The van der Waals surface area contributed by atoms with Crippen LogP contribution in [0.4, 0.5) is 11.5 Å². The number of carbonyl (C=O) groups is 1. The Hall–Kier alpha value is -3.95. The largest absolute Gasteiger partial charge is 0.383 e. The van der Waals surface area contributed by atoms with Crippen LogP contribution in [0.2, 0.25) is 0 Å². The Labute approximate surface area is 204 Å². The Balaban J connectivity index is 1.61. The first-order valence-electron chi connectivity index (χ1n) is 11.1. The molecule has 6 N–H and O–H groups in total. The minimum absolute atomic E-state index is 0.000465. The third-order valence-electron chi connectivity index (χ3n) is 5.75. The van der Waals surface area contributed by atoms with Gasteiger partial charge in [0.2, 0.25) is 15.9 Å². The molecule has 1 heterocycles. The third-order valence-corrected chi connectivity index (χ3v) is 6.67. The van der Waals surface area contributed by atoms with Crippen LogP contribution in [0.1, 0.15) is 29.7 Å². The second-order valence-corrected chi connectivity index (χ2v) is 9.78. The van der Waals surface area contributed by atoms with Gasteiger partial charge >= 0.3 is 0 Å². The standard InChI is InChI=1S/C26H27N5O3S/c1-2-17-5-3-7-20(13-17)24(31-21-9-10-23-19(15-21)11-12-29-25(23)27)26(32)30-16-18-6-4-8-22(14-18)35(28,33)34/h3-15,24,31H,2,16H2,1H3,(H2,27,29)(H,30,32)(H2,28,33,34). The zero-order valence-electron chi connectivity index (χ0n) is 19.2. The van der Waals surface area contributed by atoms with Crippen molar-refractivity contribution in [2.24, 2.45) is 5.14 Å². The van der Waals surface area contributed by atoms with Crippen molar-refractivity contribution in [2.75, 3.05) is 11.1 Å². The SMILES string of the molecule is CCc1cccc(C(Nc2ccc3c(N)nccc3c2)C(=O)NCc2cccc(S(N)(=O)=O)c2)c1. The third kappa shape index (κ3) is 5.76. The van der Waals surface area contributed by atoms with E-state index < -0.39 is 16.1 Å². The van der Waals surface area contributed by atoms with Gasteiger partial charge < -0.3 is 16.4 Å². The summed E-state index contributed by atoms with van der Waals surface area (Å²) in [7, 11) is -3.83. The number of aryl methyl sites for hydroxylation is 1. The number of nitrogens with zero attached hydrogens (tertiary/aromatic N) is 1. The van der Waals surface area contributed by atoms with Gasteiger partial charge in [-0.3, -0.25) is 4.79 Å². The number of fused-ring (bicyclic) bond motifs is 1. The number of primary sulfonamides is 1. The van der Waals surface area contributed by atoms with Crippen molar-refractivity contribution in [3.05, 3.63) is 95.7 Å². The van der Waals surface area contributed by atoms with Crippen LogP contribution in [0.25, 0.3) is 10.8 Å². The number of aromatic nitrogens is 1. The highest BCUT2D eigenvalue weighted by atomic mass is 32.2. The van der Waals surface area contributed by atoms with Gasteiger partial charge in [-0.25, -0.2) is 18.5 Å². The summed E-state index contributed by atoms with van der Waals surface area (Å²) in [6.45, 7) is 2.20. The maximum absolute atomic E-state index is 13.4. The Morgan fingerprint density at radius 3 is 2.54 bits per heavy atom. The molecule has 0 bridgehead atoms. The van der Waals surface area contributed by atoms with Crippen molar-refractivity contribution >= 4 is 38.2 Å². The van der Waals surface area contributed by atoms with E-state index in [0.29, 0.717) is 11.4 Å². The molecule has 0 radical (unpaired) electrons. The van der Waals surface area contributed by atoms with Crippen LogP contribution in [0.15, 0.2) is 83.9 Å². The van der Waals surface area contributed by atoms with E-state index in [-0.39, 0.29) is 17.3 Å². The number of hydrogen-bond acceptors (Lipinski definition) is 6. The van der Waals surface area contributed by atoms with E-state index in [9.17, 15) is 13.2 Å². The molecule has 1 amide bonds.